The van der Waals surface area contributed by atoms with E-state index >= 15 is 0 Å². The second-order valence-electron chi connectivity index (χ2n) is 10.2. The molecule has 0 spiro atoms. The first kappa shape index (κ1) is 25.6. The Hall–Kier alpha value is -3.50. The number of hydrogen-bond acceptors (Lipinski definition) is 4. The van der Waals surface area contributed by atoms with Crippen LogP contribution in [-0.2, 0) is 10.9 Å². The van der Waals surface area contributed by atoms with E-state index in [1.165, 1.54) is 21.9 Å². The van der Waals surface area contributed by atoms with Crippen molar-refractivity contribution in [1.29, 1.82) is 0 Å². The molecule has 0 radical (unpaired) electrons. The molecule has 1 aromatic heterocycles. The molecule has 8 nitrogen and oxygen atoms in total. The van der Waals surface area contributed by atoms with Crippen LogP contribution in [0, 0.1) is 0 Å². The third-order valence-corrected chi connectivity index (χ3v) is 6.21. The number of rotatable bonds is 3. The predicted octanol–water partition coefficient (Wildman–Crippen LogP) is 4.47. The number of nitrogens with one attached hydrogen (secondary N) is 1. The van der Waals surface area contributed by atoms with E-state index in [-0.39, 0.29) is 29.9 Å². The standard InChI is InChI=1S/C25H29F3N4O4/c1-15-13-32(18-7-5-16(6-8-18)25(26,27)28)22(34)20-19(10-12-31(15)20)21(33)29-17-9-11-30(14-17)23(35)36-24(2,3)4/h5-8,10,12,15,17H,9,11,13-14H2,1-4H3,(H,29,33)/t15-,17?/m0/s1. The Bertz CT molecular complexity index is 1170. The molecule has 194 valence electrons. The van der Waals surface area contributed by atoms with Crippen LogP contribution in [0.5, 0.6) is 0 Å². The van der Waals surface area contributed by atoms with Gasteiger partial charge in [0, 0.05) is 43.6 Å². The highest BCUT2D eigenvalue weighted by atomic mass is 19.4. The summed E-state index contributed by atoms with van der Waals surface area (Å²) in [5.74, 6) is -0.917. The lowest BCUT2D eigenvalue weighted by Crippen LogP contribution is -2.44. The second kappa shape index (κ2) is 9.18. The molecule has 1 aromatic carbocycles. The molecule has 11 heteroatoms. The van der Waals surface area contributed by atoms with Crippen molar-refractivity contribution in [3.05, 3.63) is 53.3 Å². The zero-order chi connectivity index (χ0) is 26.4. The van der Waals surface area contributed by atoms with Gasteiger partial charge in [0.2, 0.25) is 0 Å². The van der Waals surface area contributed by atoms with E-state index in [0.717, 1.165) is 12.1 Å². The second-order valence-corrected chi connectivity index (χ2v) is 10.2. The smallest absolute Gasteiger partial charge is 0.416 e. The Balaban J connectivity index is 1.49. The predicted molar refractivity (Wildman–Crippen MR) is 126 cm³/mol. The Morgan fingerprint density at radius 2 is 1.72 bits per heavy atom. The molecule has 2 atom stereocenters. The minimum atomic E-state index is -4.48. The van der Waals surface area contributed by atoms with E-state index in [2.05, 4.69) is 5.32 Å². The Morgan fingerprint density at radius 1 is 1.06 bits per heavy atom. The van der Waals surface area contributed by atoms with E-state index in [9.17, 15) is 27.6 Å². The zero-order valence-corrected chi connectivity index (χ0v) is 20.6. The average molecular weight is 507 g/mol. The van der Waals surface area contributed by atoms with Crippen molar-refractivity contribution >= 4 is 23.6 Å². The van der Waals surface area contributed by atoms with Crippen LogP contribution in [0.25, 0.3) is 0 Å². The lowest BCUT2D eigenvalue weighted by Gasteiger charge is -2.33. The van der Waals surface area contributed by atoms with Crippen molar-refractivity contribution in [1.82, 2.24) is 14.8 Å². The number of benzene rings is 1. The van der Waals surface area contributed by atoms with Crippen LogP contribution < -0.4 is 10.2 Å². The molecule has 2 aliphatic heterocycles. The molecule has 3 amide bonds. The fourth-order valence-electron chi connectivity index (χ4n) is 4.47. The number of nitrogens with zero attached hydrogens (tertiary/aromatic N) is 3. The number of anilines is 1. The maximum Gasteiger partial charge on any atom is 0.416 e. The molecular formula is C25H29F3N4O4. The molecule has 3 heterocycles. The molecule has 0 saturated carbocycles. The van der Waals surface area contributed by atoms with E-state index in [1.54, 1.807) is 37.6 Å². The summed E-state index contributed by atoms with van der Waals surface area (Å²) in [6.07, 6.45) is -2.71. The summed E-state index contributed by atoms with van der Waals surface area (Å²) < 4.78 is 45.9. The van der Waals surface area contributed by atoms with E-state index < -0.39 is 35.2 Å². The minimum absolute atomic E-state index is 0.174. The van der Waals surface area contributed by atoms with Gasteiger partial charge in [-0.2, -0.15) is 13.2 Å². The van der Waals surface area contributed by atoms with Gasteiger partial charge in [0.25, 0.3) is 11.8 Å². The van der Waals surface area contributed by atoms with Gasteiger partial charge in [-0.25, -0.2) is 4.79 Å². The third-order valence-electron chi connectivity index (χ3n) is 6.21. The van der Waals surface area contributed by atoms with Gasteiger partial charge < -0.3 is 24.4 Å². The summed E-state index contributed by atoms with van der Waals surface area (Å²) in [5.41, 5.74) is -0.751. The highest BCUT2D eigenvalue weighted by Crippen LogP contribution is 2.33. The fourth-order valence-corrected chi connectivity index (χ4v) is 4.47. The molecule has 2 aromatic rings. The molecule has 1 saturated heterocycles. The maximum absolute atomic E-state index is 13.4. The summed E-state index contributed by atoms with van der Waals surface area (Å²) in [5, 5.41) is 2.90. The number of ether oxygens (including phenoxy) is 1. The number of amides is 3. The molecule has 36 heavy (non-hydrogen) atoms. The van der Waals surface area contributed by atoms with Gasteiger partial charge in [0.05, 0.1) is 11.1 Å². The fraction of sp³-hybridized carbons (Fsp3) is 0.480. The maximum atomic E-state index is 13.4. The van der Waals surface area contributed by atoms with Crippen molar-refractivity contribution in [2.75, 3.05) is 24.5 Å². The number of alkyl halides is 3. The third kappa shape index (κ3) is 5.19. The molecule has 4 rings (SSSR count). The lowest BCUT2D eigenvalue weighted by atomic mass is 10.1. The van der Waals surface area contributed by atoms with Crippen LogP contribution in [0.4, 0.5) is 23.7 Å². The van der Waals surface area contributed by atoms with Crippen molar-refractivity contribution in [3.8, 4) is 0 Å². The minimum Gasteiger partial charge on any atom is -0.444 e. The number of hydrogen-bond donors (Lipinski definition) is 1. The van der Waals surface area contributed by atoms with Crippen LogP contribution >= 0.6 is 0 Å². The van der Waals surface area contributed by atoms with Gasteiger partial charge in [-0.3, -0.25) is 9.59 Å². The Kier molecular flexibility index (Phi) is 6.52. The summed E-state index contributed by atoms with van der Waals surface area (Å²) in [4.78, 5) is 41.7. The molecule has 2 aliphatic rings. The van der Waals surface area contributed by atoms with Gasteiger partial charge in [-0.1, -0.05) is 0 Å². The van der Waals surface area contributed by atoms with Gasteiger partial charge in [-0.05, 0) is 64.4 Å². The van der Waals surface area contributed by atoms with Gasteiger partial charge in [0.1, 0.15) is 11.3 Å². The molecule has 1 N–H and O–H groups in total. The quantitative estimate of drug-likeness (QED) is 0.666. The molecule has 1 fully saturated rings. The number of halogens is 3. The number of fused-ring (bicyclic) bond motifs is 1. The number of likely N-dealkylation sites (tertiary alicyclic amines) is 1. The van der Waals surface area contributed by atoms with E-state index in [4.69, 9.17) is 4.74 Å². The normalized spacial score (nSPS) is 20.4. The first-order chi connectivity index (χ1) is 16.7. The molecule has 0 bridgehead atoms. The average Bonchev–Trinajstić information content (AvgIpc) is 3.42. The number of carbonyl (C=O) groups is 3. The summed E-state index contributed by atoms with van der Waals surface area (Å²) in [6.45, 7) is 8.18. The zero-order valence-electron chi connectivity index (χ0n) is 20.6. The molecule has 1 unspecified atom stereocenters. The lowest BCUT2D eigenvalue weighted by molar-refractivity contribution is -0.137. The van der Waals surface area contributed by atoms with Crippen LogP contribution in [0.3, 0.4) is 0 Å². The van der Waals surface area contributed by atoms with Crippen LogP contribution in [0.15, 0.2) is 36.5 Å². The first-order valence-corrected chi connectivity index (χ1v) is 11.7. The van der Waals surface area contributed by atoms with Crippen molar-refractivity contribution < 1.29 is 32.3 Å². The van der Waals surface area contributed by atoms with E-state index in [1.807, 2.05) is 6.92 Å². The number of aromatic nitrogens is 1. The van der Waals surface area contributed by atoms with Crippen molar-refractivity contribution in [2.45, 2.75) is 58.0 Å². The summed E-state index contributed by atoms with van der Waals surface area (Å²) in [7, 11) is 0. The number of carbonyl (C=O) groups excluding carboxylic acids is 3. The highest BCUT2D eigenvalue weighted by Gasteiger charge is 2.36. The van der Waals surface area contributed by atoms with Crippen molar-refractivity contribution in [3.63, 3.8) is 0 Å². The van der Waals surface area contributed by atoms with Gasteiger partial charge >= 0.3 is 12.3 Å². The summed E-state index contributed by atoms with van der Waals surface area (Å²) in [6, 6.07) is 5.45. The van der Waals surface area contributed by atoms with E-state index in [0.29, 0.717) is 25.2 Å². The first-order valence-electron chi connectivity index (χ1n) is 11.7. The Labute approximate surface area is 207 Å². The monoisotopic (exact) mass is 506 g/mol. The van der Waals surface area contributed by atoms with Gasteiger partial charge in [-0.15, -0.1) is 0 Å². The largest absolute Gasteiger partial charge is 0.444 e. The van der Waals surface area contributed by atoms with Crippen LogP contribution in [0.1, 0.15) is 66.6 Å². The van der Waals surface area contributed by atoms with Gasteiger partial charge in [0.15, 0.2) is 0 Å². The van der Waals surface area contributed by atoms with Crippen LogP contribution in [0.2, 0.25) is 0 Å². The molecule has 0 aliphatic carbocycles. The molecular weight excluding hydrogens is 477 g/mol. The van der Waals surface area contributed by atoms with Crippen LogP contribution in [-0.4, -0.2) is 58.7 Å². The SMILES string of the molecule is C[C@H]1CN(c2ccc(C(F)(F)F)cc2)C(=O)c2c(C(=O)NC3CCN(C(=O)OC(C)(C)C)C3)ccn21. The Morgan fingerprint density at radius 3 is 2.33 bits per heavy atom. The summed E-state index contributed by atoms with van der Waals surface area (Å²) >= 11 is 0. The van der Waals surface area contributed by atoms with Crippen molar-refractivity contribution in [2.24, 2.45) is 0 Å². The highest BCUT2D eigenvalue weighted by molar-refractivity contribution is 6.13. The topological polar surface area (TPSA) is 83.9 Å².